The number of alkyl halides is 3. The zero-order chi connectivity index (χ0) is 15.3. The predicted molar refractivity (Wildman–Crippen MR) is 63.4 cm³/mol. The monoisotopic (exact) mass is 290 g/mol. The second-order valence-electron chi connectivity index (χ2n) is 3.99. The second kappa shape index (κ2) is 6.40. The van der Waals surface area contributed by atoms with E-state index in [1.54, 1.807) is 0 Å². The van der Waals surface area contributed by atoms with Crippen LogP contribution in [-0.4, -0.2) is 23.7 Å². The molecule has 0 unspecified atom stereocenters. The van der Waals surface area contributed by atoms with E-state index in [1.165, 1.54) is 6.92 Å². The first-order valence-electron chi connectivity index (χ1n) is 5.84. The Hall–Kier alpha value is -2.05. The Bertz CT molecular complexity index is 509. The van der Waals surface area contributed by atoms with Crippen LogP contribution in [0.25, 0.3) is 0 Å². The Labute approximate surface area is 113 Å². The van der Waals surface area contributed by atoms with E-state index in [-0.39, 0.29) is 19.4 Å². The van der Waals surface area contributed by atoms with E-state index in [9.17, 15) is 22.8 Å². The molecule has 0 aromatic heterocycles. The number of aliphatic carboxylic acids is 1. The lowest BCUT2D eigenvalue weighted by atomic mass is 10.0. The summed E-state index contributed by atoms with van der Waals surface area (Å²) >= 11 is 0. The minimum absolute atomic E-state index is 0.0415. The van der Waals surface area contributed by atoms with Gasteiger partial charge in [0.1, 0.15) is 0 Å². The molecule has 0 saturated heterocycles. The quantitative estimate of drug-likeness (QED) is 0.847. The fraction of sp³-hybridized carbons (Fsp3) is 0.385. The number of carboxylic acids is 1. The summed E-state index contributed by atoms with van der Waals surface area (Å²) in [6.07, 6.45) is -4.86. The van der Waals surface area contributed by atoms with Gasteiger partial charge in [0, 0.05) is 6.42 Å². The third-order valence-corrected chi connectivity index (χ3v) is 2.51. The molecule has 20 heavy (non-hydrogen) atoms. The number of benzene rings is 1. The highest BCUT2D eigenvalue weighted by atomic mass is 19.4. The van der Waals surface area contributed by atoms with Crippen LogP contribution in [0.1, 0.15) is 34.8 Å². The van der Waals surface area contributed by atoms with Crippen LogP contribution in [0.3, 0.4) is 0 Å². The molecule has 0 atom stereocenters. The summed E-state index contributed by atoms with van der Waals surface area (Å²) in [5.74, 6) is -2.14. The van der Waals surface area contributed by atoms with Crippen LogP contribution in [0, 0.1) is 0 Å². The van der Waals surface area contributed by atoms with Crippen LogP contribution in [0.2, 0.25) is 0 Å². The molecule has 0 radical (unpaired) electrons. The molecule has 0 saturated carbocycles. The van der Waals surface area contributed by atoms with E-state index in [2.05, 4.69) is 4.74 Å². The van der Waals surface area contributed by atoms with E-state index < -0.39 is 29.2 Å². The Kier molecular flexibility index (Phi) is 5.12. The molecule has 0 aliphatic carbocycles. The first-order chi connectivity index (χ1) is 9.25. The number of ether oxygens (including phenoxy) is 1. The first kappa shape index (κ1) is 16.0. The minimum atomic E-state index is -4.67. The molecule has 0 amide bonds. The molecule has 1 aromatic rings. The molecule has 110 valence electrons. The highest BCUT2D eigenvalue weighted by Gasteiger charge is 2.35. The average Bonchev–Trinajstić information content (AvgIpc) is 2.35. The molecule has 0 heterocycles. The van der Waals surface area contributed by atoms with Crippen molar-refractivity contribution in [1.29, 1.82) is 0 Å². The normalized spacial score (nSPS) is 11.2. The van der Waals surface area contributed by atoms with Gasteiger partial charge in [0.25, 0.3) is 0 Å². The summed E-state index contributed by atoms with van der Waals surface area (Å²) in [5.41, 5.74) is -1.35. The van der Waals surface area contributed by atoms with Gasteiger partial charge in [-0.2, -0.15) is 13.2 Å². The molecule has 4 nitrogen and oxygen atoms in total. The minimum Gasteiger partial charge on any atom is -0.481 e. The summed E-state index contributed by atoms with van der Waals surface area (Å²) < 4.78 is 43.0. The lowest BCUT2D eigenvalue weighted by molar-refractivity contribution is -0.138. The van der Waals surface area contributed by atoms with Crippen LogP contribution in [0.5, 0.6) is 0 Å². The third kappa shape index (κ3) is 4.25. The van der Waals surface area contributed by atoms with Gasteiger partial charge in [0.15, 0.2) is 0 Å². The number of hydrogen-bond acceptors (Lipinski definition) is 3. The predicted octanol–water partition coefficient (Wildman–Crippen LogP) is 2.90. The van der Waals surface area contributed by atoms with Crippen molar-refractivity contribution >= 4 is 11.9 Å². The maximum atomic E-state index is 12.8. The van der Waals surface area contributed by atoms with Crippen molar-refractivity contribution in [2.75, 3.05) is 6.61 Å². The first-order valence-corrected chi connectivity index (χ1v) is 5.84. The van der Waals surface area contributed by atoms with Crippen LogP contribution >= 0.6 is 0 Å². The smallest absolute Gasteiger partial charge is 0.417 e. The van der Waals surface area contributed by atoms with Crippen molar-refractivity contribution in [1.82, 2.24) is 0 Å². The van der Waals surface area contributed by atoms with Crippen LogP contribution in [-0.2, 0) is 22.1 Å². The number of carbonyl (C=O) groups excluding carboxylic acids is 1. The zero-order valence-corrected chi connectivity index (χ0v) is 10.7. The van der Waals surface area contributed by atoms with Crippen LogP contribution in [0.15, 0.2) is 18.2 Å². The van der Waals surface area contributed by atoms with Gasteiger partial charge in [-0.3, -0.25) is 4.79 Å². The van der Waals surface area contributed by atoms with Gasteiger partial charge in [-0.05, 0) is 31.0 Å². The van der Waals surface area contributed by atoms with Crippen molar-refractivity contribution in [3.05, 3.63) is 34.9 Å². The van der Waals surface area contributed by atoms with Crippen molar-refractivity contribution in [3.63, 3.8) is 0 Å². The van der Waals surface area contributed by atoms with E-state index in [4.69, 9.17) is 5.11 Å². The molecule has 0 aliphatic rings. The van der Waals surface area contributed by atoms with Crippen molar-refractivity contribution in [3.8, 4) is 0 Å². The molecule has 0 bridgehead atoms. The molecule has 1 N–H and O–H groups in total. The van der Waals surface area contributed by atoms with Crippen LogP contribution < -0.4 is 0 Å². The van der Waals surface area contributed by atoms with Crippen LogP contribution in [0.4, 0.5) is 13.2 Å². The average molecular weight is 290 g/mol. The maximum absolute atomic E-state index is 12.8. The Morgan fingerprint density at radius 2 is 1.95 bits per heavy atom. The highest BCUT2D eigenvalue weighted by molar-refractivity contribution is 5.91. The number of carboxylic acid groups (broad SMARTS) is 1. The number of esters is 1. The Balaban J connectivity index is 3.15. The lowest BCUT2D eigenvalue weighted by Gasteiger charge is -2.13. The topological polar surface area (TPSA) is 63.6 Å². The Morgan fingerprint density at radius 3 is 2.45 bits per heavy atom. The fourth-order valence-corrected chi connectivity index (χ4v) is 1.62. The van der Waals surface area contributed by atoms with E-state index in [1.807, 2.05) is 0 Å². The van der Waals surface area contributed by atoms with E-state index >= 15 is 0 Å². The molecular weight excluding hydrogens is 277 g/mol. The summed E-state index contributed by atoms with van der Waals surface area (Å²) in [7, 11) is 0. The molecule has 1 rings (SSSR count). The second-order valence-corrected chi connectivity index (χ2v) is 3.99. The van der Waals surface area contributed by atoms with Gasteiger partial charge in [-0.15, -0.1) is 0 Å². The maximum Gasteiger partial charge on any atom is 0.417 e. The molecule has 7 heteroatoms. The number of hydrogen-bond donors (Lipinski definition) is 1. The molecule has 1 aromatic carbocycles. The Morgan fingerprint density at radius 1 is 1.30 bits per heavy atom. The van der Waals surface area contributed by atoms with Gasteiger partial charge in [0.05, 0.1) is 17.7 Å². The number of aryl methyl sites for hydroxylation is 1. The van der Waals surface area contributed by atoms with Crippen molar-refractivity contribution < 1.29 is 32.6 Å². The van der Waals surface area contributed by atoms with Gasteiger partial charge in [-0.25, -0.2) is 4.79 Å². The van der Waals surface area contributed by atoms with Crippen molar-refractivity contribution in [2.45, 2.75) is 25.9 Å². The largest absolute Gasteiger partial charge is 0.481 e. The van der Waals surface area contributed by atoms with Gasteiger partial charge < -0.3 is 9.84 Å². The summed E-state index contributed by atoms with van der Waals surface area (Å²) in [6.45, 7) is 1.44. The van der Waals surface area contributed by atoms with Gasteiger partial charge in [-0.1, -0.05) is 6.07 Å². The highest BCUT2D eigenvalue weighted by Crippen LogP contribution is 2.33. The SMILES string of the molecule is CCOC(=O)c1cc(CCC(=O)O)ccc1C(F)(F)F. The standard InChI is InChI=1S/C13H13F3O4/c1-2-20-12(19)9-7-8(4-6-11(17)18)3-5-10(9)13(14,15)16/h3,5,7H,2,4,6H2,1H3,(H,17,18). The van der Waals surface area contributed by atoms with Gasteiger partial charge >= 0.3 is 18.1 Å². The van der Waals surface area contributed by atoms with Gasteiger partial charge in [0.2, 0.25) is 0 Å². The summed E-state index contributed by atoms with van der Waals surface area (Å²) in [4.78, 5) is 22.0. The summed E-state index contributed by atoms with van der Waals surface area (Å²) in [5, 5.41) is 8.55. The molecule has 0 aliphatic heterocycles. The number of rotatable bonds is 5. The zero-order valence-electron chi connectivity index (χ0n) is 10.7. The fourth-order valence-electron chi connectivity index (χ4n) is 1.62. The molecular formula is C13H13F3O4. The number of carbonyl (C=O) groups is 2. The third-order valence-electron chi connectivity index (χ3n) is 2.51. The number of halogens is 3. The van der Waals surface area contributed by atoms with E-state index in [0.717, 1.165) is 18.2 Å². The van der Waals surface area contributed by atoms with Crippen molar-refractivity contribution in [2.24, 2.45) is 0 Å². The van der Waals surface area contributed by atoms with E-state index in [0.29, 0.717) is 5.56 Å². The lowest BCUT2D eigenvalue weighted by Crippen LogP contribution is -2.15. The molecule has 0 spiro atoms. The molecule has 0 fully saturated rings. The summed E-state index contributed by atoms with van der Waals surface area (Å²) in [6, 6.07) is 2.96.